The lowest BCUT2D eigenvalue weighted by molar-refractivity contribution is 0.169. The molecule has 4 aromatic rings. The minimum absolute atomic E-state index is 0. The number of aryl methyl sites for hydroxylation is 2. The lowest BCUT2D eigenvalue weighted by Gasteiger charge is -2.38. The quantitative estimate of drug-likeness (QED) is 0.215. The monoisotopic (exact) mass is 692 g/mol. The number of hydrogen-bond donors (Lipinski definition) is 0. The lowest BCUT2D eigenvalue weighted by atomic mass is 10.1. The van der Waals surface area contributed by atoms with E-state index in [1.54, 1.807) is 22.7 Å². The fraction of sp³-hybridized carbons (Fsp3) is 0.500. The van der Waals surface area contributed by atoms with Crippen molar-refractivity contribution >= 4 is 32.9 Å². The van der Waals surface area contributed by atoms with E-state index in [0.717, 1.165) is 97.0 Å². The first-order chi connectivity index (χ1) is 22.9. The van der Waals surface area contributed by atoms with E-state index in [4.69, 9.17) is 18.9 Å². The number of hydrogen-bond acceptors (Lipinski definition) is 12. The molecule has 10 nitrogen and oxygen atoms in total. The minimum Gasteiger partial charge on any atom is -0.486 e. The zero-order valence-corrected chi connectivity index (χ0v) is 29.3. The molecule has 0 radical (unpaired) electrons. The van der Waals surface area contributed by atoms with Gasteiger partial charge in [-0.25, -0.2) is 9.97 Å². The van der Waals surface area contributed by atoms with Gasteiger partial charge in [0.2, 0.25) is 6.79 Å². The first-order valence-electron chi connectivity index (χ1n) is 16.5. The van der Waals surface area contributed by atoms with Gasteiger partial charge in [-0.3, -0.25) is 9.80 Å². The first kappa shape index (κ1) is 34.3. The molecule has 0 aliphatic carbocycles. The first-order valence-corrected chi connectivity index (χ1v) is 18.3. The molecule has 0 N–H and O–H groups in total. The Hall–Kier alpha value is -3.58. The summed E-state index contributed by atoms with van der Waals surface area (Å²) in [5, 5.41) is 6.55. The van der Waals surface area contributed by atoms with Gasteiger partial charge in [0.15, 0.2) is 33.3 Å². The van der Waals surface area contributed by atoms with Crippen molar-refractivity contribution in [2.75, 3.05) is 82.2 Å². The van der Waals surface area contributed by atoms with Gasteiger partial charge in [0.1, 0.15) is 13.2 Å². The van der Waals surface area contributed by atoms with E-state index in [9.17, 15) is 0 Å². The molecule has 0 saturated carbocycles. The van der Waals surface area contributed by atoms with Crippen molar-refractivity contribution in [2.45, 2.75) is 47.2 Å². The molecule has 0 spiro atoms. The molecule has 4 aliphatic rings. The molecule has 6 heterocycles. The van der Waals surface area contributed by atoms with Crippen LogP contribution in [0.15, 0.2) is 47.2 Å². The van der Waals surface area contributed by atoms with Gasteiger partial charge in [-0.2, -0.15) is 0 Å². The number of piperazine rings is 2. The molecular formula is C36H48N6O4S2. The Morgan fingerprint density at radius 3 is 1.46 bits per heavy atom. The van der Waals surface area contributed by atoms with Crippen LogP contribution in [-0.4, -0.2) is 92.1 Å². The minimum atomic E-state index is 0. The molecule has 12 heteroatoms. The molecule has 8 rings (SSSR count). The number of benzene rings is 2. The van der Waals surface area contributed by atoms with Crippen molar-refractivity contribution in [3.05, 3.63) is 69.7 Å². The zero-order valence-electron chi connectivity index (χ0n) is 27.7. The van der Waals surface area contributed by atoms with E-state index in [2.05, 4.69) is 92.3 Å². The van der Waals surface area contributed by atoms with E-state index in [1.807, 2.05) is 12.1 Å². The number of thiazole rings is 2. The number of aromatic nitrogens is 2. The molecular weight excluding hydrogens is 645 g/mol. The van der Waals surface area contributed by atoms with Crippen LogP contribution in [0, 0.1) is 13.8 Å². The second kappa shape index (κ2) is 15.3. The molecule has 2 aromatic heterocycles. The van der Waals surface area contributed by atoms with Crippen molar-refractivity contribution < 1.29 is 18.9 Å². The summed E-state index contributed by atoms with van der Waals surface area (Å²) in [5.74, 6) is 3.46. The van der Waals surface area contributed by atoms with E-state index < -0.39 is 0 Å². The average Bonchev–Trinajstić information content (AvgIpc) is 3.89. The maximum atomic E-state index is 5.72. The largest absolute Gasteiger partial charge is 0.486 e. The van der Waals surface area contributed by atoms with Crippen molar-refractivity contribution in [3.63, 3.8) is 0 Å². The summed E-state index contributed by atoms with van der Waals surface area (Å²) in [6.45, 7) is 18.6. The van der Waals surface area contributed by atoms with Gasteiger partial charge in [0.25, 0.3) is 0 Å². The van der Waals surface area contributed by atoms with Gasteiger partial charge in [0.05, 0.1) is 11.4 Å². The zero-order chi connectivity index (χ0) is 32.3. The van der Waals surface area contributed by atoms with Crippen molar-refractivity contribution in [2.24, 2.45) is 0 Å². The number of nitrogens with zero attached hydrogens (tertiary/aromatic N) is 6. The van der Waals surface area contributed by atoms with Crippen molar-refractivity contribution in [1.29, 1.82) is 0 Å². The summed E-state index contributed by atoms with van der Waals surface area (Å²) in [4.78, 5) is 19.0. The Balaban J connectivity index is 0.000000164. The van der Waals surface area contributed by atoms with Crippen LogP contribution in [0.1, 0.15) is 55.9 Å². The molecule has 2 unspecified atom stereocenters. The Morgan fingerprint density at radius 2 is 1.00 bits per heavy atom. The molecule has 4 aliphatic heterocycles. The van der Waals surface area contributed by atoms with Crippen LogP contribution >= 0.6 is 22.7 Å². The summed E-state index contributed by atoms with van der Waals surface area (Å²) in [6.07, 6.45) is 0. The smallest absolute Gasteiger partial charge is 0.231 e. The predicted molar refractivity (Wildman–Crippen MR) is 195 cm³/mol. The SMILES string of the molecule is C.Cc1csc(N2CCN(C(C)c3ccc4c(c3)OCCO4)CC2)n1.Cc1csc(N2CCN(C(C)c3ccc4c(c3)OCO4)CC2)n1. The van der Waals surface area contributed by atoms with Crippen LogP contribution in [-0.2, 0) is 0 Å². The summed E-state index contributed by atoms with van der Waals surface area (Å²) >= 11 is 3.48. The van der Waals surface area contributed by atoms with Gasteiger partial charge < -0.3 is 28.7 Å². The molecule has 2 saturated heterocycles. The van der Waals surface area contributed by atoms with Crippen LogP contribution in [0.25, 0.3) is 0 Å². The maximum Gasteiger partial charge on any atom is 0.231 e. The van der Waals surface area contributed by atoms with E-state index in [0.29, 0.717) is 32.1 Å². The van der Waals surface area contributed by atoms with Gasteiger partial charge >= 0.3 is 0 Å². The number of anilines is 2. The average molecular weight is 693 g/mol. The molecule has 2 fully saturated rings. The maximum absolute atomic E-state index is 5.72. The van der Waals surface area contributed by atoms with E-state index in [-0.39, 0.29) is 7.43 Å². The van der Waals surface area contributed by atoms with Crippen LogP contribution < -0.4 is 28.7 Å². The fourth-order valence-electron chi connectivity index (χ4n) is 6.49. The molecule has 0 bridgehead atoms. The molecule has 2 atom stereocenters. The van der Waals surface area contributed by atoms with Crippen LogP contribution in [0.3, 0.4) is 0 Å². The van der Waals surface area contributed by atoms with Crippen LogP contribution in [0.5, 0.6) is 23.0 Å². The lowest BCUT2D eigenvalue weighted by Crippen LogP contribution is -2.47. The Labute approximate surface area is 292 Å². The molecule has 0 amide bonds. The molecule has 2 aromatic carbocycles. The van der Waals surface area contributed by atoms with Gasteiger partial charge in [-0.15, -0.1) is 22.7 Å². The van der Waals surface area contributed by atoms with Crippen molar-refractivity contribution in [1.82, 2.24) is 19.8 Å². The summed E-state index contributed by atoms with van der Waals surface area (Å²) < 4.78 is 22.2. The highest BCUT2D eigenvalue weighted by atomic mass is 32.1. The normalized spacial score (nSPS) is 18.8. The number of rotatable bonds is 6. The molecule has 48 heavy (non-hydrogen) atoms. The van der Waals surface area contributed by atoms with Gasteiger partial charge in [0, 0.05) is 75.2 Å². The third-order valence-corrected chi connectivity index (χ3v) is 11.4. The highest BCUT2D eigenvalue weighted by Gasteiger charge is 2.26. The summed E-state index contributed by atoms with van der Waals surface area (Å²) in [6, 6.07) is 13.4. The van der Waals surface area contributed by atoms with E-state index in [1.165, 1.54) is 11.1 Å². The number of fused-ring (bicyclic) bond motifs is 2. The Morgan fingerprint density at radius 1 is 0.583 bits per heavy atom. The van der Waals surface area contributed by atoms with Gasteiger partial charge in [-0.05, 0) is 63.1 Å². The molecule has 258 valence electrons. The summed E-state index contributed by atoms with van der Waals surface area (Å²) in [5.41, 5.74) is 4.80. The van der Waals surface area contributed by atoms with Gasteiger partial charge in [-0.1, -0.05) is 19.6 Å². The Bertz CT molecular complexity index is 1650. The highest BCUT2D eigenvalue weighted by Crippen LogP contribution is 2.37. The fourth-order valence-corrected chi connectivity index (χ4v) is 8.20. The summed E-state index contributed by atoms with van der Waals surface area (Å²) in [7, 11) is 0. The number of ether oxygens (including phenoxy) is 4. The van der Waals surface area contributed by atoms with E-state index >= 15 is 0 Å². The second-order valence-electron chi connectivity index (χ2n) is 12.5. The third-order valence-electron chi connectivity index (χ3n) is 9.41. The van der Waals surface area contributed by atoms with Crippen LogP contribution in [0.2, 0.25) is 0 Å². The van der Waals surface area contributed by atoms with Crippen molar-refractivity contribution in [3.8, 4) is 23.0 Å². The Kier molecular flexibility index (Phi) is 10.9. The third kappa shape index (κ3) is 7.67. The second-order valence-corrected chi connectivity index (χ2v) is 14.1. The standard InChI is InChI=1S/C18H23N3O2S.C17H21N3O2S.CH4/c1-13-12-24-18(19-13)21-7-5-20(6-8-21)14(2)15-3-4-16-17(11-15)23-10-9-22-16;1-12-10-23-17(18-12)20-7-5-19(6-8-20)13(2)14-3-4-15-16(9-14)22-11-21-15;/h3-4,11-12,14H,5-10H2,1-2H3;3-4,9-10,13H,5-8,11H2,1-2H3;1H4. The topological polar surface area (TPSA) is 75.7 Å². The predicted octanol–water partition coefficient (Wildman–Crippen LogP) is 6.81. The highest BCUT2D eigenvalue weighted by molar-refractivity contribution is 7.14. The van der Waals surface area contributed by atoms with Crippen LogP contribution in [0.4, 0.5) is 10.3 Å².